The summed E-state index contributed by atoms with van der Waals surface area (Å²) in [5.74, 6) is -0.710. The number of aryl methyl sites for hydroxylation is 2. The summed E-state index contributed by atoms with van der Waals surface area (Å²) in [5, 5.41) is 3.83. The molecule has 1 aromatic carbocycles. The van der Waals surface area contributed by atoms with Crippen LogP contribution in [0, 0.1) is 13.8 Å². The number of nitrogens with two attached hydrogens (primary N) is 1. The molecule has 26 heavy (non-hydrogen) atoms. The molecule has 7 nitrogen and oxygen atoms in total. The van der Waals surface area contributed by atoms with Crippen molar-refractivity contribution < 1.29 is 13.2 Å². The van der Waals surface area contributed by atoms with Crippen LogP contribution in [0.4, 0.5) is 11.4 Å². The van der Waals surface area contributed by atoms with Crippen molar-refractivity contribution in [3.05, 3.63) is 59.0 Å². The van der Waals surface area contributed by atoms with Gasteiger partial charge in [-0.05, 0) is 42.7 Å². The van der Waals surface area contributed by atoms with Gasteiger partial charge in [-0.2, -0.15) is 0 Å². The summed E-state index contributed by atoms with van der Waals surface area (Å²) in [5.41, 5.74) is 9.98. The van der Waals surface area contributed by atoms with E-state index >= 15 is 0 Å². The first-order chi connectivity index (χ1) is 12.3. The Morgan fingerprint density at radius 2 is 1.92 bits per heavy atom. The molecule has 2 heterocycles. The summed E-state index contributed by atoms with van der Waals surface area (Å²) in [6.45, 7) is 3.75. The van der Waals surface area contributed by atoms with E-state index < -0.39 is 16.6 Å². The zero-order valence-corrected chi connectivity index (χ0v) is 15.2. The van der Waals surface area contributed by atoms with Crippen molar-refractivity contribution in [3.63, 3.8) is 0 Å². The van der Waals surface area contributed by atoms with Crippen LogP contribution in [-0.2, 0) is 16.5 Å². The van der Waals surface area contributed by atoms with Crippen LogP contribution in [0.3, 0.4) is 0 Å². The quantitative estimate of drug-likeness (QED) is 0.593. The molecule has 0 atom stereocenters. The van der Waals surface area contributed by atoms with E-state index in [2.05, 4.69) is 15.3 Å². The molecule has 3 N–H and O–H groups in total. The third kappa shape index (κ3) is 3.65. The van der Waals surface area contributed by atoms with Crippen molar-refractivity contribution in [3.8, 4) is 0 Å². The van der Waals surface area contributed by atoms with Crippen LogP contribution in [0.5, 0.6) is 0 Å². The van der Waals surface area contributed by atoms with E-state index in [1.807, 2.05) is 19.9 Å². The van der Waals surface area contributed by atoms with E-state index in [0.717, 1.165) is 11.1 Å². The fraction of sp³-hybridized carbons (Fsp3) is 0.167. The number of carbonyl (C=O) groups excluding carboxylic acids is 1. The van der Waals surface area contributed by atoms with Crippen LogP contribution >= 0.6 is 0 Å². The summed E-state index contributed by atoms with van der Waals surface area (Å²) in [6.07, 6.45) is 4.78. The third-order valence-corrected chi connectivity index (χ3v) is 4.57. The number of primary amides is 1. The molecule has 0 saturated carbocycles. The number of thiol groups is 1. The van der Waals surface area contributed by atoms with E-state index in [4.69, 9.17) is 5.73 Å². The molecule has 0 aliphatic rings. The van der Waals surface area contributed by atoms with Crippen LogP contribution in [0.15, 0.2) is 36.8 Å². The Labute approximate surface area is 152 Å². The number of fused-ring (bicyclic) bond motifs is 1. The van der Waals surface area contributed by atoms with Gasteiger partial charge >= 0.3 is 0 Å². The predicted octanol–water partition coefficient (Wildman–Crippen LogP) is 2.20. The van der Waals surface area contributed by atoms with Crippen molar-refractivity contribution in [2.24, 2.45) is 5.73 Å². The maximum Gasteiger partial charge on any atom is 0.252 e. The Hall–Kier alpha value is -3.00. The molecule has 0 spiro atoms. The van der Waals surface area contributed by atoms with Crippen molar-refractivity contribution in [1.82, 2.24) is 9.97 Å². The molecule has 0 fully saturated rings. The maximum atomic E-state index is 11.9. The van der Waals surface area contributed by atoms with Crippen LogP contribution in [0.2, 0.25) is 0 Å². The second-order valence-corrected chi connectivity index (χ2v) is 7.07. The Morgan fingerprint density at radius 3 is 2.58 bits per heavy atom. The zero-order valence-electron chi connectivity index (χ0n) is 14.3. The third-order valence-electron chi connectivity index (χ3n) is 3.94. The minimum atomic E-state index is -2.57. The van der Waals surface area contributed by atoms with Gasteiger partial charge in [-0.25, -0.2) is 8.42 Å². The molecule has 1 amide bonds. The zero-order chi connectivity index (χ0) is 18.8. The first kappa shape index (κ1) is 17.8. The van der Waals surface area contributed by atoms with E-state index in [0.29, 0.717) is 27.8 Å². The second kappa shape index (κ2) is 7.09. The molecule has 2 aromatic heterocycles. The Balaban J connectivity index is 2.26. The molecule has 134 valence electrons. The Bertz CT molecular complexity index is 1090. The molecule has 0 bridgehead atoms. The highest BCUT2D eigenvalue weighted by Crippen LogP contribution is 2.31. The summed E-state index contributed by atoms with van der Waals surface area (Å²) < 4.78 is 22.3. The van der Waals surface area contributed by atoms with Crippen molar-refractivity contribution in [1.29, 1.82) is 0 Å². The van der Waals surface area contributed by atoms with Gasteiger partial charge in [-0.15, -0.1) is 0 Å². The number of amides is 1. The maximum absolute atomic E-state index is 11.9. The molecule has 3 aromatic rings. The van der Waals surface area contributed by atoms with Gasteiger partial charge < -0.3 is 11.1 Å². The average molecular weight is 370 g/mol. The molecule has 0 unspecified atom stereocenters. The minimum absolute atomic E-state index is 0.0850. The smallest absolute Gasteiger partial charge is 0.252 e. The minimum Gasteiger partial charge on any atom is -0.365 e. The van der Waals surface area contributed by atoms with Crippen LogP contribution in [0.1, 0.15) is 27.0 Å². The molecule has 0 aliphatic heterocycles. The van der Waals surface area contributed by atoms with Gasteiger partial charge in [-0.1, -0.05) is 6.07 Å². The lowest BCUT2D eigenvalue weighted by Gasteiger charge is -2.15. The molecule has 8 heteroatoms. The number of carbonyl (C=O) groups is 1. The van der Waals surface area contributed by atoms with Gasteiger partial charge in [0.2, 0.25) is 0 Å². The molecule has 0 aliphatic carbocycles. The van der Waals surface area contributed by atoms with E-state index in [9.17, 15) is 13.2 Å². The van der Waals surface area contributed by atoms with Gasteiger partial charge in [0.25, 0.3) is 5.91 Å². The van der Waals surface area contributed by atoms with Gasteiger partial charge in [0, 0.05) is 17.8 Å². The highest BCUT2D eigenvalue weighted by atomic mass is 32.2. The van der Waals surface area contributed by atoms with Gasteiger partial charge in [-0.3, -0.25) is 14.8 Å². The number of hydrogen-bond acceptors (Lipinski definition) is 6. The molecule has 0 saturated heterocycles. The van der Waals surface area contributed by atoms with Gasteiger partial charge in [0.15, 0.2) is 0 Å². The molecule has 0 radical (unpaired) electrons. The molecular formula is C18H18N4O3S. The summed E-state index contributed by atoms with van der Waals surface area (Å²) in [7, 11) is -2.57. The highest BCUT2D eigenvalue weighted by Gasteiger charge is 2.16. The number of aromatic nitrogens is 2. The van der Waals surface area contributed by atoms with Crippen LogP contribution in [0.25, 0.3) is 10.9 Å². The summed E-state index contributed by atoms with van der Waals surface area (Å²) in [6, 6.07) is 5.39. The molecular weight excluding hydrogens is 352 g/mol. The first-order valence-electron chi connectivity index (χ1n) is 7.87. The number of benzene rings is 1. The van der Waals surface area contributed by atoms with Crippen LogP contribution < -0.4 is 11.1 Å². The Morgan fingerprint density at radius 1 is 1.15 bits per heavy atom. The van der Waals surface area contributed by atoms with Crippen molar-refractivity contribution >= 4 is 38.9 Å². The lowest BCUT2D eigenvalue weighted by atomic mass is 10.0. The van der Waals surface area contributed by atoms with E-state index in [-0.39, 0.29) is 11.3 Å². The highest BCUT2D eigenvalue weighted by molar-refractivity contribution is 7.71. The fourth-order valence-corrected chi connectivity index (χ4v) is 3.37. The Kier molecular flexibility index (Phi) is 4.85. The number of nitrogens with zero attached hydrogens (tertiary/aromatic N) is 2. The van der Waals surface area contributed by atoms with Crippen LogP contribution in [-0.4, -0.2) is 24.3 Å². The largest absolute Gasteiger partial charge is 0.365 e. The lowest BCUT2D eigenvalue weighted by Crippen LogP contribution is -2.14. The number of nitrogens with one attached hydrogen (secondary N) is 1. The number of rotatable bonds is 5. The summed E-state index contributed by atoms with van der Waals surface area (Å²) >= 11 is 0. The standard InChI is InChI=1S/C18H18N4O3S/c1-10-3-13(7-20-6-10)22-17-14-5-12(9-26(24)25)4-11(2)16(14)21-8-15(17)18(19)23/h3-8,26H,9H2,1-2H3,(H2,19,23)(H,21,22). The predicted molar refractivity (Wildman–Crippen MR) is 101 cm³/mol. The monoisotopic (exact) mass is 370 g/mol. The van der Waals surface area contributed by atoms with Gasteiger partial charge in [0.1, 0.15) is 10.7 Å². The second-order valence-electron chi connectivity index (χ2n) is 6.09. The SMILES string of the molecule is Cc1cncc(Nc2c(C(N)=O)cnc3c(C)cc(C[SH](=O)=O)cc23)c1. The molecule has 3 rings (SSSR count). The summed E-state index contributed by atoms with van der Waals surface area (Å²) in [4.78, 5) is 20.4. The number of hydrogen-bond donors (Lipinski definition) is 3. The average Bonchev–Trinajstić information content (AvgIpc) is 2.54. The number of pyridine rings is 2. The van der Waals surface area contributed by atoms with Crippen molar-refractivity contribution in [2.45, 2.75) is 19.6 Å². The normalized spacial score (nSPS) is 11.0. The topological polar surface area (TPSA) is 115 Å². The van der Waals surface area contributed by atoms with Crippen molar-refractivity contribution in [2.75, 3.05) is 5.32 Å². The van der Waals surface area contributed by atoms with E-state index in [1.54, 1.807) is 24.5 Å². The van der Waals surface area contributed by atoms with E-state index in [1.165, 1.54) is 6.20 Å². The number of anilines is 2. The van der Waals surface area contributed by atoms with Gasteiger partial charge in [0.05, 0.1) is 34.4 Å². The lowest BCUT2D eigenvalue weighted by molar-refractivity contribution is 0.100. The fourth-order valence-electron chi connectivity index (χ4n) is 2.88. The first-order valence-corrected chi connectivity index (χ1v) is 9.24.